The maximum absolute atomic E-state index is 11.0. The first-order valence-corrected chi connectivity index (χ1v) is 7.21. The van der Waals surface area contributed by atoms with Crippen LogP contribution in [0.4, 0.5) is 4.79 Å². The first kappa shape index (κ1) is 12.9. The number of fused-ring (bicyclic) bond motifs is 2. The number of rotatable bonds is 2. The molecule has 2 fully saturated rings. The minimum absolute atomic E-state index is 0.0261. The van der Waals surface area contributed by atoms with E-state index in [9.17, 15) is 9.90 Å². The third-order valence-corrected chi connectivity index (χ3v) is 5.01. The minimum atomic E-state index is -1.00. The molecular weight excluding hydrogens is 294 g/mol. The molecule has 1 amide bonds. The van der Waals surface area contributed by atoms with Gasteiger partial charge in [0.2, 0.25) is 0 Å². The molecule has 1 aromatic heterocycles. The number of hydrogen-bond acceptors (Lipinski definition) is 3. The first-order valence-electron chi connectivity index (χ1n) is 6.83. The summed E-state index contributed by atoms with van der Waals surface area (Å²) >= 11 is 6.12. The molecule has 2 aliphatic rings. The second kappa shape index (κ2) is 4.11. The van der Waals surface area contributed by atoms with Crippen LogP contribution in [-0.4, -0.2) is 32.5 Å². The van der Waals surface area contributed by atoms with Crippen LogP contribution in [0.2, 0.25) is 5.02 Å². The number of nitrogens with one attached hydrogen (secondary N) is 2. The molecule has 4 atom stereocenters. The van der Waals surface area contributed by atoms with E-state index in [0.29, 0.717) is 17.9 Å². The predicted molar refractivity (Wildman–Crippen MR) is 76.2 cm³/mol. The summed E-state index contributed by atoms with van der Waals surface area (Å²) in [5, 5.41) is 30.6. The van der Waals surface area contributed by atoms with Gasteiger partial charge in [0.05, 0.1) is 17.3 Å². The van der Waals surface area contributed by atoms with Gasteiger partial charge in [0.1, 0.15) is 0 Å². The fraction of sp³-hybridized carbons (Fsp3) is 0.429. The zero-order valence-corrected chi connectivity index (χ0v) is 11.8. The smallest absolute Gasteiger partial charge is 0.404 e. The molecular formula is C14H14ClN3O3. The highest BCUT2D eigenvalue weighted by Crippen LogP contribution is 2.60. The number of carboxylic acid groups (broad SMARTS) is 1. The maximum atomic E-state index is 11.0. The van der Waals surface area contributed by atoms with Crippen LogP contribution in [0.25, 0.3) is 10.9 Å². The molecule has 0 bridgehead atoms. The van der Waals surface area contributed by atoms with Crippen LogP contribution in [0.5, 0.6) is 0 Å². The number of carbonyl (C=O) groups is 1. The number of aliphatic hydroxyl groups is 1. The standard InChI is InChI=1S/C14H14ClN3O3/c15-6-1-10(9-5-16-18-11(9)2-6)14(21)3-7-8(4-14)12(7)17-13(19)20/h1-2,5,7-8,12,17,21H,3-4H2,(H,16,18)(H,19,20)/t7-,8+,12?,14?. The summed E-state index contributed by atoms with van der Waals surface area (Å²) < 4.78 is 0. The van der Waals surface area contributed by atoms with E-state index in [4.69, 9.17) is 16.7 Å². The fourth-order valence-electron chi connectivity index (χ4n) is 3.84. The second-order valence-electron chi connectivity index (χ2n) is 6.03. The lowest BCUT2D eigenvalue weighted by molar-refractivity contribution is 0.0295. The summed E-state index contributed by atoms with van der Waals surface area (Å²) in [6.45, 7) is 0. The van der Waals surface area contributed by atoms with Crippen LogP contribution < -0.4 is 5.32 Å². The lowest BCUT2D eigenvalue weighted by atomic mass is 9.86. The second-order valence-corrected chi connectivity index (χ2v) is 6.46. The highest BCUT2D eigenvalue weighted by atomic mass is 35.5. The third kappa shape index (κ3) is 1.90. The summed E-state index contributed by atoms with van der Waals surface area (Å²) in [7, 11) is 0. The van der Waals surface area contributed by atoms with Crippen LogP contribution in [-0.2, 0) is 5.60 Å². The fourth-order valence-corrected chi connectivity index (χ4v) is 4.06. The minimum Gasteiger partial charge on any atom is -0.465 e. The lowest BCUT2D eigenvalue weighted by Crippen LogP contribution is -2.32. The molecule has 4 N–H and O–H groups in total. The number of benzene rings is 1. The van der Waals surface area contributed by atoms with Gasteiger partial charge in [0, 0.05) is 16.5 Å². The molecule has 0 saturated heterocycles. The Bertz CT molecular complexity index is 732. The van der Waals surface area contributed by atoms with Crippen molar-refractivity contribution in [1.29, 1.82) is 0 Å². The molecule has 0 radical (unpaired) electrons. The SMILES string of the molecule is O=C(O)NC1[C@H]2CC(O)(c3cc(Cl)cc4[nH]ncc34)C[C@@H]12. The van der Waals surface area contributed by atoms with Crippen LogP contribution in [0.15, 0.2) is 18.3 Å². The molecule has 0 aliphatic heterocycles. The van der Waals surface area contributed by atoms with Gasteiger partial charge in [-0.25, -0.2) is 4.79 Å². The van der Waals surface area contributed by atoms with E-state index < -0.39 is 11.7 Å². The van der Waals surface area contributed by atoms with E-state index in [0.717, 1.165) is 16.5 Å². The molecule has 4 rings (SSSR count). The molecule has 0 spiro atoms. The molecule has 1 aromatic carbocycles. The van der Waals surface area contributed by atoms with E-state index in [-0.39, 0.29) is 17.9 Å². The Balaban J connectivity index is 1.65. The monoisotopic (exact) mass is 307 g/mol. The summed E-state index contributed by atoms with van der Waals surface area (Å²) in [6.07, 6.45) is 1.78. The largest absolute Gasteiger partial charge is 0.465 e. The van der Waals surface area contributed by atoms with Gasteiger partial charge in [-0.05, 0) is 42.4 Å². The summed E-state index contributed by atoms with van der Waals surface area (Å²) in [5.41, 5.74) is 0.616. The van der Waals surface area contributed by atoms with Gasteiger partial charge >= 0.3 is 6.09 Å². The number of aromatic amines is 1. The van der Waals surface area contributed by atoms with Gasteiger partial charge in [-0.2, -0.15) is 5.10 Å². The van der Waals surface area contributed by atoms with Gasteiger partial charge in [-0.1, -0.05) is 11.6 Å². The van der Waals surface area contributed by atoms with Crippen molar-refractivity contribution in [2.45, 2.75) is 24.5 Å². The van der Waals surface area contributed by atoms with E-state index in [1.54, 1.807) is 18.3 Å². The Morgan fingerprint density at radius 1 is 1.43 bits per heavy atom. The van der Waals surface area contributed by atoms with E-state index in [1.165, 1.54) is 0 Å². The lowest BCUT2D eigenvalue weighted by Gasteiger charge is -2.27. The van der Waals surface area contributed by atoms with Gasteiger partial charge < -0.3 is 15.5 Å². The third-order valence-electron chi connectivity index (χ3n) is 4.79. The van der Waals surface area contributed by atoms with Crippen molar-refractivity contribution in [1.82, 2.24) is 15.5 Å². The molecule has 110 valence electrons. The van der Waals surface area contributed by atoms with Crippen molar-refractivity contribution in [2.75, 3.05) is 0 Å². The molecule has 1 heterocycles. The highest BCUT2D eigenvalue weighted by molar-refractivity contribution is 6.31. The van der Waals surface area contributed by atoms with Crippen LogP contribution >= 0.6 is 11.6 Å². The summed E-state index contributed by atoms with van der Waals surface area (Å²) in [5.74, 6) is 0.402. The highest BCUT2D eigenvalue weighted by Gasteiger charge is 2.62. The molecule has 7 heteroatoms. The molecule has 2 aromatic rings. The summed E-state index contributed by atoms with van der Waals surface area (Å²) in [4.78, 5) is 10.7. The number of nitrogens with zero attached hydrogens (tertiary/aromatic N) is 1. The normalized spacial score (nSPS) is 33.9. The zero-order chi connectivity index (χ0) is 14.8. The van der Waals surface area contributed by atoms with Crippen molar-refractivity contribution >= 4 is 28.6 Å². The Kier molecular flexibility index (Phi) is 2.53. The van der Waals surface area contributed by atoms with Crippen molar-refractivity contribution in [3.05, 3.63) is 28.9 Å². The Morgan fingerprint density at radius 3 is 2.81 bits per heavy atom. The van der Waals surface area contributed by atoms with E-state index in [1.807, 2.05) is 0 Å². The van der Waals surface area contributed by atoms with Crippen LogP contribution in [0, 0.1) is 11.8 Å². The molecule has 2 saturated carbocycles. The van der Waals surface area contributed by atoms with Crippen LogP contribution in [0.1, 0.15) is 18.4 Å². The Morgan fingerprint density at radius 2 is 2.14 bits per heavy atom. The number of halogens is 1. The Labute approximate surface area is 125 Å². The van der Waals surface area contributed by atoms with E-state index in [2.05, 4.69) is 15.5 Å². The first-order chi connectivity index (χ1) is 9.98. The average Bonchev–Trinajstić information content (AvgIpc) is 2.83. The van der Waals surface area contributed by atoms with Gasteiger partial charge in [-0.15, -0.1) is 0 Å². The number of aromatic nitrogens is 2. The zero-order valence-electron chi connectivity index (χ0n) is 11.0. The van der Waals surface area contributed by atoms with Gasteiger partial charge in [0.25, 0.3) is 0 Å². The molecule has 21 heavy (non-hydrogen) atoms. The van der Waals surface area contributed by atoms with Crippen molar-refractivity contribution in [2.24, 2.45) is 11.8 Å². The van der Waals surface area contributed by atoms with Crippen LogP contribution in [0.3, 0.4) is 0 Å². The van der Waals surface area contributed by atoms with Gasteiger partial charge in [-0.3, -0.25) is 5.10 Å². The van der Waals surface area contributed by atoms with Crippen molar-refractivity contribution in [3.8, 4) is 0 Å². The number of hydrogen-bond donors (Lipinski definition) is 4. The Hall–Kier alpha value is -1.79. The van der Waals surface area contributed by atoms with Crippen molar-refractivity contribution < 1.29 is 15.0 Å². The average molecular weight is 308 g/mol. The maximum Gasteiger partial charge on any atom is 0.404 e. The quantitative estimate of drug-likeness (QED) is 0.682. The van der Waals surface area contributed by atoms with E-state index >= 15 is 0 Å². The molecule has 6 nitrogen and oxygen atoms in total. The number of amides is 1. The van der Waals surface area contributed by atoms with Crippen molar-refractivity contribution in [3.63, 3.8) is 0 Å². The molecule has 2 aliphatic carbocycles. The van der Waals surface area contributed by atoms with Gasteiger partial charge in [0.15, 0.2) is 0 Å². The predicted octanol–water partition coefficient (Wildman–Crippen LogP) is 2.08. The topological polar surface area (TPSA) is 98.2 Å². The number of H-pyrrole nitrogens is 1. The summed E-state index contributed by atoms with van der Waals surface area (Å²) in [6, 6.07) is 3.53. The molecule has 2 unspecified atom stereocenters.